The highest BCUT2D eigenvalue weighted by atomic mass is 35.5. The molecule has 0 radical (unpaired) electrons. The van der Waals surface area contributed by atoms with E-state index in [9.17, 15) is 0 Å². The second-order valence-corrected chi connectivity index (χ2v) is 15.8. The van der Waals surface area contributed by atoms with Crippen molar-refractivity contribution in [3.8, 4) is 16.4 Å². The second kappa shape index (κ2) is 17.0. The molecule has 1 aliphatic heterocycles. The second-order valence-electron chi connectivity index (χ2n) is 11.1. The Morgan fingerprint density at radius 1 is 1.16 bits per heavy atom. The Kier molecular flexibility index (Phi) is 13.5. The number of nitrogens with zero attached hydrogens (tertiary/aromatic N) is 4. The van der Waals surface area contributed by atoms with E-state index in [4.69, 9.17) is 39.0 Å². The smallest absolute Gasteiger partial charge is 0.212 e. The van der Waals surface area contributed by atoms with Crippen LogP contribution in [0.4, 0.5) is 5.69 Å². The van der Waals surface area contributed by atoms with E-state index in [1.165, 1.54) is 24.0 Å². The zero-order valence-corrected chi connectivity index (χ0v) is 30.6. The molecular formula is C34H44Cl2N6S3. The Bertz CT molecular complexity index is 1610. The van der Waals surface area contributed by atoms with Gasteiger partial charge in [0.05, 0.1) is 25.6 Å². The molecule has 2 aromatic heterocycles. The summed E-state index contributed by atoms with van der Waals surface area (Å²) in [5.41, 5.74) is 13.1. The molecule has 1 saturated heterocycles. The Morgan fingerprint density at radius 2 is 1.89 bits per heavy atom. The van der Waals surface area contributed by atoms with Crippen LogP contribution in [0.3, 0.4) is 0 Å². The van der Waals surface area contributed by atoms with Crippen molar-refractivity contribution in [2.75, 3.05) is 36.4 Å². The zero-order chi connectivity index (χ0) is 32.5. The predicted octanol–water partition coefficient (Wildman–Crippen LogP) is 9.47. The first-order valence-corrected chi connectivity index (χ1v) is 19.5. The molecule has 3 heterocycles. The van der Waals surface area contributed by atoms with E-state index >= 15 is 0 Å². The molecule has 1 aliphatic rings. The standard InChI is InChI=1S/C26H28Cl2N4S3.C8H16N2/c1-6-13-33-25-24(19-11-12-21(27)22(28)15-19)29-26(34-25)32-17(3)20(16(2)30-32)14-18-9-7-8-10-23(18)31-35(4)5;1-2-10-5-3-8(7-9)4-6-10/h7-12,15,31H,4,6,13-14H2,1-3,5H3;2,8H,1,3-7,9H2. The summed E-state index contributed by atoms with van der Waals surface area (Å²) in [6.45, 7) is 13.2. The van der Waals surface area contributed by atoms with Crippen LogP contribution in [0.5, 0.6) is 0 Å². The highest BCUT2D eigenvalue weighted by molar-refractivity contribution is 8.14. The number of aryl methyl sites for hydroxylation is 1. The molecule has 2 aromatic carbocycles. The van der Waals surface area contributed by atoms with Gasteiger partial charge in [0.25, 0.3) is 0 Å². The van der Waals surface area contributed by atoms with Crippen LogP contribution in [0.2, 0.25) is 10.0 Å². The fourth-order valence-corrected chi connectivity index (χ4v) is 8.24. The number of benzene rings is 2. The summed E-state index contributed by atoms with van der Waals surface area (Å²) >= 11 is 16.0. The molecule has 1 fully saturated rings. The van der Waals surface area contributed by atoms with Gasteiger partial charge in [0.1, 0.15) is 0 Å². The first-order valence-electron chi connectivity index (χ1n) is 15.2. The third-order valence-corrected chi connectivity index (χ3v) is 11.6. The third kappa shape index (κ3) is 9.40. The number of thioether (sulfide) groups is 1. The van der Waals surface area contributed by atoms with Crippen molar-refractivity contribution >= 4 is 68.5 Å². The normalized spacial score (nSPS) is 14.2. The van der Waals surface area contributed by atoms with Crippen LogP contribution >= 0.6 is 57.0 Å². The Labute approximate surface area is 289 Å². The lowest BCUT2D eigenvalue weighted by Crippen LogP contribution is -2.32. The molecule has 1 atom stereocenters. The van der Waals surface area contributed by atoms with Gasteiger partial charge in [-0.1, -0.05) is 78.2 Å². The number of likely N-dealkylation sites (tertiary alicyclic amines) is 1. The van der Waals surface area contributed by atoms with Gasteiger partial charge in [-0.3, -0.25) is 0 Å². The van der Waals surface area contributed by atoms with E-state index in [0.717, 1.165) is 81.8 Å². The summed E-state index contributed by atoms with van der Waals surface area (Å²) in [4.78, 5) is 7.29. The van der Waals surface area contributed by atoms with E-state index in [2.05, 4.69) is 73.4 Å². The molecule has 11 heteroatoms. The van der Waals surface area contributed by atoms with Crippen molar-refractivity contribution < 1.29 is 0 Å². The monoisotopic (exact) mass is 702 g/mol. The van der Waals surface area contributed by atoms with Crippen LogP contribution in [0.25, 0.3) is 16.4 Å². The predicted molar refractivity (Wildman–Crippen MR) is 202 cm³/mol. The summed E-state index contributed by atoms with van der Waals surface area (Å²) in [5, 5.41) is 6.83. The van der Waals surface area contributed by atoms with Crippen molar-refractivity contribution in [1.29, 1.82) is 0 Å². The van der Waals surface area contributed by atoms with Gasteiger partial charge >= 0.3 is 0 Å². The summed E-state index contributed by atoms with van der Waals surface area (Å²) in [6.07, 6.45) is 8.36. The van der Waals surface area contributed by atoms with Crippen molar-refractivity contribution in [2.45, 2.75) is 50.7 Å². The summed E-state index contributed by atoms with van der Waals surface area (Å²) < 4.78 is 6.63. The Hall–Kier alpha value is -2.27. The molecule has 45 heavy (non-hydrogen) atoms. The number of para-hydroxylation sites is 1. The van der Waals surface area contributed by atoms with Crippen LogP contribution in [0.1, 0.15) is 48.7 Å². The number of thiazole rings is 1. The van der Waals surface area contributed by atoms with E-state index in [1.807, 2.05) is 40.8 Å². The minimum absolute atomic E-state index is 0.144. The van der Waals surface area contributed by atoms with Gasteiger partial charge < -0.3 is 15.4 Å². The number of anilines is 1. The zero-order valence-electron chi connectivity index (χ0n) is 26.6. The molecule has 3 N–H and O–H groups in total. The highest BCUT2D eigenvalue weighted by Crippen LogP contribution is 2.40. The maximum Gasteiger partial charge on any atom is 0.212 e. The van der Waals surface area contributed by atoms with E-state index in [0.29, 0.717) is 10.0 Å². The minimum Gasteiger partial charge on any atom is -0.378 e. The van der Waals surface area contributed by atoms with Gasteiger partial charge in [-0.25, -0.2) is 9.67 Å². The number of piperidine rings is 1. The van der Waals surface area contributed by atoms with Crippen LogP contribution in [-0.4, -0.2) is 57.2 Å². The molecule has 1 unspecified atom stereocenters. The van der Waals surface area contributed by atoms with Crippen LogP contribution in [0, 0.1) is 19.8 Å². The molecule has 0 saturated carbocycles. The molecule has 242 valence electrons. The fourth-order valence-electron chi connectivity index (χ4n) is 5.14. The number of hydrogen-bond donors (Lipinski definition) is 2. The fraction of sp³-hybridized carbons (Fsp3) is 0.382. The topological polar surface area (TPSA) is 72.0 Å². The largest absolute Gasteiger partial charge is 0.378 e. The van der Waals surface area contributed by atoms with Crippen molar-refractivity contribution in [2.24, 2.45) is 11.7 Å². The Balaban J connectivity index is 0.000000392. The van der Waals surface area contributed by atoms with E-state index in [1.54, 1.807) is 11.3 Å². The maximum absolute atomic E-state index is 6.33. The van der Waals surface area contributed by atoms with Crippen molar-refractivity contribution in [3.05, 3.63) is 87.8 Å². The average Bonchev–Trinajstić information content (AvgIpc) is 3.58. The lowest BCUT2D eigenvalue weighted by atomic mass is 9.97. The van der Waals surface area contributed by atoms with Gasteiger partial charge in [-0.2, -0.15) is 5.10 Å². The third-order valence-electron chi connectivity index (χ3n) is 7.75. The lowest BCUT2D eigenvalue weighted by Gasteiger charge is -2.29. The molecule has 5 rings (SSSR count). The van der Waals surface area contributed by atoms with Gasteiger partial charge in [0.15, 0.2) is 0 Å². The number of rotatable bonds is 11. The molecule has 0 amide bonds. The summed E-state index contributed by atoms with van der Waals surface area (Å²) in [6, 6.07) is 14.1. The summed E-state index contributed by atoms with van der Waals surface area (Å²) in [5.74, 6) is 5.89. The van der Waals surface area contributed by atoms with E-state index in [-0.39, 0.29) is 10.7 Å². The van der Waals surface area contributed by atoms with Gasteiger partial charge in [-0.15, -0.1) is 22.4 Å². The van der Waals surface area contributed by atoms with Gasteiger partial charge in [0.2, 0.25) is 5.13 Å². The Morgan fingerprint density at radius 3 is 2.53 bits per heavy atom. The minimum atomic E-state index is -0.144. The van der Waals surface area contributed by atoms with E-state index < -0.39 is 0 Å². The van der Waals surface area contributed by atoms with Crippen molar-refractivity contribution in [3.63, 3.8) is 0 Å². The maximum atomic E-state index is 6.33. The quantitative estimate of drug-likeness (QED) is 0.120. The number of hydrogen-bond acceptors (Lipinski definition) is 7. The van der Waals surface area contributed by atoms with Crippen LogP contribution < -0.4 is 10.5 Å². The molecule has 0 aliphatic carbocycles. The number of halogens is 2. The molecule has 0 spiro atoms. The lowest BCUT2D eigenvalue weighted by molar-refractivity contribution is 0.248. The number of nitrogens with one attached hydrogen (secondary N) is 1. The average molecular weight is 704 g/mol. The van der Waals surface area contributed by atoms with Crippen molar-refractivity contribution in [1.82, 2.24) is 19.7 Å². The highest BCUT2D eigenvalue weighted by Gasteiger charge is 2.21. The number of nitrogens with two attached hydrogens (primary N) is 1. The summed E-state index contributed by atoms with van der Waals surface area (Å²) in [7, 11) is -0.144. The molecule has 0 bridgehead atoms. The molecule has 4 aromatic rings. The molecule has 6 nitrogen and oxygen atoms in total. The van der Waals surface area contributed by atoms with Crippen LogP contribution in [0.15, 0.2) is 59.5 Å². The first-order chi connectivity index (χ1) is 21.6. The molecular weight excluding hydrogens is 660 g/mol. The van der Waals surface area contributed by atoms with Gasteiger partial charge in [0, 0.05) is 42.0 Å². The van der Waals surface area contributed by atoms with Crippen LogP contribution in [-0.2, 0) is 6.42 Å². The van der Waals surface area contributed by atoms with Gasteiger partial charge in [-0.05, 0) is 87.5 Å². The number of aromatic nitrogens is 3. The SMILES string of the molecule is C=CN1CCC(CN)CC1.C=S(C)Nc1ccccc1Cc1c(C)nn(-c2nc(-c3ccc(Cl)c(Cl)c3)c(SCCC)s2)c1C. The first kappa shape index (κ1) is 35.6.